The van der Waals surface area contributed by atoms with Crippen LogP contribution in [0.15, 0.2) is 65.7 Å². The van der Waals surface area contributed by atoms with E-state index in [-0.39, 0.29) is 5.97 Å². The van der Waals surface area contributed by atoms with Crippen LogP contribution in [-0.4, -0.2) is 25.3 Å². The Morgan fingerprint density at radius 1 is 1.00 bits per heavy atom. The van der Waals surface area contributed by atoms with Crippen LogP contribution in [0.2, 0.25) is 0 Å². The molecule has 0 saturated carbocycles. The van der Waals surface area contributed by atoms with Crippen molar-refractivity contribution in [3.8, 4) is 0 Å². The highest BCUT2D eigenvalue weighted by Gasteiger charge is 2.04. The minimum absolute atomic E-state index is 0.280. The van der Waals surface area contributed by atoms with E-state index in [1.807, 2.05) is 54.7 Å². The molecule has 0 aromatic heterocycles. The lowest BCUT2D eigenvalue weighted by Gasteiger charge is -2.03. The molecule has 0 radical (unpaired) electrons. The highest BCUT2D eigenvalue weighted by Crippen LogP contribution is 2.01. The summed E-state index contributed by atoms with van der Waals surface area (Å²) in [5.41, 5.74) is 1.66. The van der Waals surface area contributed by atoms with E-state index in [4.69, 9.17) is 4.74 Å². The third-order valence-corrected chi connectivity index (χ3v) is 2.71. The van der Waals surface area contributed by atoms with Gasteiger partial charge in [0.05, 0.1) is 12.2 Å². The Kier molecular flexibility index (Phi) is 5.53. The van der Waals surface area contributed by atoms with Crippen LogP contribution in [-0.2, 0) is 4.74 Å². The molecule has 0 N–H and O–H groups in total. The fourth-order valence-electron chi connectivity index (χ4n) is 1.69. The molecular formula is C17H17NO2. The molecule has 20 heavy (non-hydrogen) atoms. The Morgan fingerprint density at radius 2 is 1.65 bits per heavy atom. The zero-order chi connectivity index (χ0) is 14.0. The predicted molar refractivity (Wildman–Crippen MR) is 80.2 cm³/mol. The first-order valence-corrected chi connectivity index (χ1v) is 6.63. The SMILES string of the molecule is O=C(OCCCN=Cc1ccccc1)c1ccccc1. The Bertz CT molecular complexity index is 550. The summed E-state index contributed by atoms with van der Waals surface area (Å²) >= 11 is 0. The average molecular weight is 267 g/mol. The fraction of sp³-hybridized carbons (Fsp3) is 0.176. The lowest BCUT2D eigenvalue weighted by molar-refractivity contribution is 0.0503. The summed E-state index contributed by atoms with van der Waals surface area (Å²) in [5.74, 6) is -0.280. The largest absolute Gasteiger partial charge is 0.462 e. The maximum absolute atomic E-state index is 11.6. The summed E-state index contributed by atoms with van der Waals surface area (Å²) in [4.78, 5) is 15.9. The van der Waals surface area contributed by atoms with Gasteiger partial charge >= 0.3 is 5.97 Å². The van der Waals surface area contributed by atoms with Crippen LogP contribution < -0.4 is 0 Å². The second-order valence-corrected chi connectivity index (χ2v) is 4.30. The van der Waals surface area contributed by atoms with Crippen molar-refractivity contribution in [1.82, 2.24) is 0 Å². The van der Waals surface area contributed by atoms with Gasteiger partial charge in [0.2, 0.25) is 0 Å². The van der Waals surface area contributed by atoms with E-state index in [0.29, 0.717) is 18.7 Å². The van der Waals surface area contributed by atoms with Crippen molar-refractivity contribution in [2.75, 3.05) is 13.2 Å². The Balaban J connectivity index is 1.65. The monoisotopic (exact) mass is 267 g/mol. The van der Waals surface area contributed by atoms with E-state index in [1.54, 1.807) is 12.1 Å². The van der Waals surface area contributed by atoms with Crippen LogP contribution in [0.3, 0.4) is 0 Å². The molecule has 2 aromatic carbocycles. The van der Waals surface area contributed by atoms with Gasteiger partial charge in [-0.25, -0.2) is 4.79 Å². The molecule has 0 atom stereocenters. The van der Waals surface area contributed by atoms with Crippen LogP contribution in [0.5, 0.6) is 0 Å². The van der Waals surface area contributed by atoms with Gasteiger partial charge in [-0.15, -0.1) is 0 Å². The molecule has 0 unspecified atom stereocenters. The number of aliphatic imine (C=N–C) groups is 1. The zero-order valence-electron chi connectivity index (χ0n) is 11.2. The Morgan fingerprint density at radius 3 is 2.35 bits per heavy atom. The fourth-order valence-corrected chi connectivity index (χ4v) is 1.69. The molecule has 2 rings (SSSR count). The van der Waals surface area contributed by atoms with Gasteiger partial charge in [0.15, 0.2) is 0 Å². The Labute approximate surface area is 118 Å². The molecule has 0 heterocycles. The van der Waals surface area contributed by atoms with E-state index >= 15 is 0 Å². The number of nitrogens with zero attached hydrogens (tertiary/aromatic N) is 1. The summed E-state index contributed by atoms with van der Waals surface area (Å²) < 4.78 is 5.17. The molecule has 0 saturated heterocycles. The van der Waals surface area contributed by atoms with Gasteiger partial charge < -0.3 is 4.74 Å². The highest BCUT2D eigenvalue weighted by atomic mass is 16.5. The lowest BCUT2D eigenvalue weighted by Crippen LogP contribution is -2.06. The summed E-state index contributed by atoms with van der Waals surface area (Å²) in [6.45, 7) is 1.04. The van der Waals surface area contributed by atoms with Gasteiger partial charge in [0.1, 0.15) is 0 Å². The number of hydrogen-bond acceptors (Lipinski definition) is 3. The van der Waals surface area contributed by atoms with Crippen molar-refractivity contribution in [2.24, 2.45) is 4.99 Å². The van der Waals surface area contributed by atoms with Gasteiger partial charge in [-0.05, 0) is 17.7 Å². The van der Waals surface area contributed by atoms with Crippen molar-refractivity contribution < 1.29 is 9.53 Å². The Hall–Kier alpha value is -2.42. The second kappa shape index (κ2) is 7.89. The third-order valence-electron chi connectivity index (χ3n) is 2.71. The summed E-state index contributed by atoms with van der Waals surface area (Å²) in [6.07, 6.45) is 2.56. The van der Waals surface area contributed by atoms with Crippen molar-refractivity contribution in [1.29, 1.82) is 0 Å². The molecular weight excluding hydrogens is 250 g/mol. The quantitative estimate of drug-likeness (QED) is 0.457. The highest BCUT2D eigenvalue weighted by molar-refractivity contribution is 5.89. The van der Waals surface area contributed by atoms with Gasteiger partial charge in [-0.1, -0.05) is 48.5 Å². The molecule has 0 aliphatic heterocycles. The van der Waals surface area contributed by atoms with Crippen LogP contribution in [0.1, 0.15) is 22.3 Å². The first kappa shape index (κ1) is 14.0. The number of carbonyl (C=O) groups excluding carboxylic acids is 1. The minimum atomic E-state index is -0.280. The van der Waals surface area contributed by atoms with Gasteiger partial charge in [0.25, 0.3) is 0 Å². The summed E-state index contributed by atoms with van der Waals surface area (Å²) in [5, 5.41) is 0. The number of rotatable bonds is 6. The van der Waals surface area contributed by atoms with E-state index in [1.165, 1.54) is 0 Å². The van der Waals surface area contributed by atoms with E-state index in [9.17, 15) is 4.79 Å². The van der Waals surface area contributed by atoms with E-state index in [0.717, 1.165) is 12.0 Å². The zero-order valence-corrected chi connectivity index (χ0v) is 11.2. The third kappa shape index (κ3) is 4.69. The normalized spacial score (nSPS) is 10.6. The van der Waals surface area contributed by atoms with Crippen LogP contribution >= 0.6 is 0 Å². The molecule has 0 aliphatic rings. The number of benzene rings is 2. The minimum Gasteiger partial charge on any atom is -0.462 e. The van der Waals surface area contributed by atoms with Crippen molar-refractivity contribution in [3.63, 3.8) is 0 Å². The average Bonchev–Trinajstić information content (AvgIpc) is 2.52. The smallest absolute Gasteiger partial charge is 0.338 e. The molecule has 0 bridgehead atoms. The van der Waals surface area contributed by atoms with Crippen molar-refractivity contribution in [3.05, 3.63) is 71.8 Å². The standard InChI is InChI=1S/C17H17NO2/c19-17(16-10-5-2-6-11-16)20-13-7-12-18-14-15-8-3-1-4-9-15/h1-6,8-11,14H,7,12-13H2. The number of carbonyl (C=O) groups is 1. The van der Waals surface area contributed by atoms with Gasteiger partial charge in [-0.2, -0.15) is 0 Å². The summed E-state index contributed by atoms with van der Waals surface area (Å²) in [6, 6.07) is 18.9. The molecule has 0 aliphatic carbocycles. The van der Waals surface area contributed by atoms with Crippen molar-refractivity contribution in [2.45, 2.75) is 6.42 Å². The maximum Gasteiger partial charge on any atom is 0.338 e. The first-order valence-electron chi connectivity index (χ1n) is 6.63. The molecule has 0 amide bonds. The molecule has 2 aromatic rings. The molecule has 3 heteroatoms. The van der Waals surface area contributed by atoms with Crippen molar-refractivity contribution >= 4 is 12.2 Å². The summed E-state index contributed by atoms with van der Waals surface area (Å²) in [7, 11) is 0. The molecule has 0 spiro atoms. The molecule has 102 valence electrons. The van der Waals surface area contributed by atoms with E-state index < -0.39 is 0 Å². The van der Waals surface area contributed by atoms with Crippen LogP contribution in [0.25, 0.3) is 0 Å². The number of ether oxygens (including phenoxy) is 1. The molecule has 0 fully saturated rings. The lowest BCUT2D eigenvalue weighted by atomic mass is 10.2. The second-order valence-electron chi connectivity index (χ2n) is 4.30. The van der Waals surface area contributed by atoms with Gasteiger partial charge in [0, 0.05) is 19.2 Å². The topological polar surface area (TPSA) is 38.7 Å². The van der Waals surface area contributed by atoms with Crippen LogP contribution in [0.4, 0.5) is 0 Å². The van der Waals surface area contributed by atoms with Crippen LogP contribution in [0, 0.1) is 0 Å². The number of hydrogen-bond donors (Lipinski definition) is 0. The van der Waals surface area contributed by atoms with E-state index in [2.05, 4.69) is 4.99 Å². The first-order chi connectivity index (χ1) is 9.86. The number of esters is 1. The maximum atomic E-state index is 11.6. The molecule has 3 nitrogen and oxygen atoms in total. The predicted octanol–water partition coefficient (Wildman–Crippen LogP) is 3.35. The van der Waals surface area contributed by atoms with Gasteiger partial charge in [-0.3, -0.25) is 4.99 Å².